The maximum absolute atomic E-state index is 13.3. The second-order valence-corrected chi connectivity index (χ2v) is 9.91. The highest BCUT2D eigenvalue weighted by Gasteiger charge is 2.25. The van der Waals surface area contributed by atoms with Crippen molar-refractivity contribution in [2.45, 2.75) is 38.6 Å². The number of amides is 2. The van der Waals surface area contributed by atoms with E-state index in [4.69, 9.17) is 9.47 Å². The molecule has 1 unspecified atom stereocenters. The van der Waals surface area contributed by atoms with Crippen LogP contribution in [0.3, 0.4) is 0 Å². The molecule has 0 saturated carbocycles. The van der Waals surface area contributed by atoms with Gasteiger partial charge < -0.3 is 20.1 Å². The van der Waals surface area contributed by atoms with Gasteiger partial charge in [-0.2, -0.15) is 0 Å². The van der Waals surface area contributed by atoms with Crippen LogP contribution in [0.2, 0.25) is 0 Å². The zero-order valence-electron chi connectivity index (χ0n) is 20.8. The topological polar surface area (TPSA) is 76.7 Å². The molecule has 0 aliphatic rings. The number of hydrogen-bond donors (Lipinski definition) is 2. The molecule has 0 aliphatic heterocycles. The lowest BCUT2D eigenvalue weighted by atomic mass is 9.79. The van der Waals surface area contributed by atoms with Gasteiger partial charge in [-0.05, 0) is 60.0 Å². The predicted octanol–water partition coefficient (Wildman–Crippen LogP) is 5.41. The first-order chi connectivity index (χ1) is 16.7. The van der Waals surface area contributed by atoms with E-state index in [0.29, 0.717) is 17.1 Å². The van der Waals surface area contributed by atoms with Gasteiger partial charge in [0, 0.05) is 16.5 Å². The number of methoxy groups -OCH3 is 2. The minimum Gasteiger partial charge on any atom is -0.493 e. The number of carbonyl (C=O) groups excluding carboxylic acids is 2. The van der Waals surface area contributed by atoms with Crippen molar-refractivity contribution in [2.24, 2.45) is 0 Å². The van der Waals surface area contributed by atoms with E-state index in [1.807, 2.05) is 42.6 Å². The van der Waals surface area contributed by atoms with Gasteiger partial charge in [-0.15, -0.1) is 11.3 Å². The smallest absolute Gasteiger partial charge is 0.268 e. The Morgan fingerprint density at radius 1 is 1.00 bits per heavy atom. The molecule has 3 aromatic rings. The highest BCUT2D eigenvalue weighted by Crippen LogP contribution is 2.29. The minimum absolute atomic E-state index is 0.123. The average molecular weight is 493 g/mol. The molecule has 0 bridgehead atoms. The fraction of sp³-hybridized carbons (Fsp3) is 0.286. The highest BCUT2D eigenvalue weighted by atomic mass is 32.1. The molecule has 0 fully saturated rings. The Bertz CT molecular complexity index is 1170. The summed E-state index contributed by atoms with van der Waals surface area (Å²) in [5, 5.41) is 7.75. The zero-order valence-corrected chi connectivity index (χ0v) is 21.6. The third-order valence-corrected chi connectivity index (χ3v) is 6.54. The molecule has 184 valence electrons. The predicted molar refractivity (Wildman–Crippen MR) is 141 cm³/mol. The van der Waals surface area contributed by atoms with E-state index in [0.717, 1.165) is 11.3 Å². The molecule has 1 heterocycles. The Balaban J connectivity index is 1.77. The maximum Gasteiger partial charge on any atom is 0.268 e. The third-order valence-electron chi connectivity index (χ3n) is 5.72. The molecule has 2 aromatic carbocycles. The van der Waals surface area contributed by atoms with Gasteiger partial charge in [0.2, 0.25) is 0 Å². The Morgan fingerprint density at radius 3 is 2.34 bits per heavy atom. The molecule has 3 rings (SSSR count). The molecular formula is C28H32N2O4S. The van der Waals surface area contributed by atoms with Crippen LogP contribution in [-0.4, -0.2) is 32.1 Å². The third kappa shape index (κ3) is 6.96. The summed E-state index contributed by atoms with van der Waals surface area (Å²) >= 11 is 1.48. The molecule has 35 heavy (non-hydrogen) atoms. The van der Waals surface area contributed by atoms with E-state index in [1.165, 1.54) is 31.1 Å². The van der Waals surface area contributed by atoms with Crippen LogP contribution in [0.5, 0.6) is 11.5 Å². The SMILES string of the molecule is COc1ccc(C(=O)N/C(=C\c2cccs2)C(=O)NC(C)CC(C)(C)c2ccccc2)cc1OC. The number of thiophene rings is 1. The van der Waals surface area contributed by atoms with Crippen LogP contribution in [0.4, 0.5) is 0 Å². The Labute approximate surface area is 211 Å². The van der Waals surface area contributed by atoms with Gasteiger partial charge >= 0.3 is 0 Å². The summed E-state index contributed by atoms with van der Waals surface area (Å²) in [7, 11) is 3.04. The van der Waals surface area contributed by atoms with Crippen molar-refractivity contribution in [3.05, 3.63) is 87.7 Å². The van der Waals surface area contributed by atoms with Crippen molar-refractivity contribution >= 4 is 29.2 Å². The van der Waals surface area contributed by atoms with E-state index in [-0.39, 0.29) is 23.1 Å². The molecule has 6 nitrogen and oxygen atoms in total. The van der Waals surface area contributed by atoms with Gasteiger partial charge in [0.1, 0.15) is 5.70 Å². The van der Waals surface area contributed by atoms with Crippen LogP contribution in [0.1, 0.15) is 48.0 Å². The average Bonchev–Trinajstić information content (AvgIpc) is 3.36. The van der Waals surface area contributed by atoms with Crippen LogP contribution in [0.25, 0.3) is 6.08 Å². The van der Waals surface area contributed by atoms with Crippen molar-refractivity contribution in [3.8, 4) is 11.5 Å². The lowest BCUT2D eigenvalue weighted by Crippen LogP contribution is -2.41. The van der Waals surface area contributed by atoms with E-state index < -0.39 is 5.91 Å². The fourth-order valence-corrected chi connectivity index (χ4v) is 4.63. The molecule has 7 heteroatoms. The number of hydrogen-bond acceptors (Lipinski definition) is 5. The van der Waals surface area contributed by atoms with Crippen molar-refractivity contribution in [1.29, 1.82) is 0 Å². The number of benzene rings is 2. The number of nitrogens with one attached hydrogen (secondary N) is 2. The van der Waals surface area contributed by atoms with Crippen molar-refractivity contribution in [2.75, 3.05) is 14.2 Å². The van der Waals surface area contributed by atoms with Gasteiger partial charge in [0.05, 0.1) is 14.2 Å². The number of rotatable bonds is 10. The van der Waals surface area contributed by atoms with E-state index >= 15 is 0 Å². The normalized spacial score (nSPS) is 12.5. The molecule has 0 aliphatic carbocycles. The number of ether oxygens (including phenoxy) is 2. The standard InChI is InChI=1S/C28H32N2O4S/c1-19(18-28(2,3)21-10-7-6-8-11-21)29-27(32)23(17-22-12-9-15-35-22)30-26(31)20-13-14-24(33-4)25(16-20)34-5/h6-17,19H,18H2,1-5H3,(H,29,32)(H,30,31)/b23-17-. The Morgan fingerprint density at radius 2 is 1.71 bits per heavy atom. The van der Waals surface area contributed by atoms with Gasteiger partial charge in [0.25, 0.3) is 11.8 Å². The molecule has 0 radical (unpaired) electrons. The molecule has 2 amide bonds. The first-order valence-corrected chi connectivity index (χ1v) is 12.3. The molecule has 1 atom stereocenters. The van der Waals surface area contributed by atoms with E-state index in [2.05, 4.69) is 36.6 Å². The lowest BCUT2D eigenvalue weighted by molar-refractivity contribution is -0.118. The summed E-state index contributed by atoms with van der Waals surface area (Å²) in [5.74, 6) is 0.195. The maximum atomic E-state index is 13.3. The molecule has 2 N–H and O–H groups in total. The quantitative estimate of drug-likeness (QED) is 0.371. The van der Waals surface area contributed by atoms with Crippen molar-refractivity contribution in [3.63, 3.8) is 0 Å². The Hall–Kier alpha value is -3.58. The highest BCUT2D eigenvalue weighted by molar-refractivity contribution is 7.10. The van der Waals surface area contributed by atoms with E-state index in [1.54, 1.807) is 24.3 Å². The van der Waals surface area contributed by atoms with Crippen molar-refractivity contribution in [1.82, 2.24) is 10.6 Å². The second kappa shape index (κ2) is 11.7. The first-order valence-electron chi connectivity index (χ1n) is 11.4. The zero-order chi connectivity index (χ0) is 25.4. The summed E-state index contributed by atoms with van der Waals surface area (Å²) in [6.45, 7) is 6.29. The molecular weight excluding hydrogens is 460 g/mol. The monoisotopic (exact) mass is 492 g/mol. The second-order valence-electron chi connectivity index (χ2n) is 8.93. The minimum atomic E-state index is -0.416. The van der Waals surface area contributed by atoms with Crippen molar-refractivity contribution < 1.29 is 19.1 Å². The van der Waals surface area contributed by atoms with Gasteiger partial charge in [-0.1, -0.05) is 50.2 Å². The Kier molecular flexibility index (Phi) is 8.71. The largest absolute Gasteiger partial charge is 0.493 e. The van der Waals surface area contributed by atoms with E-state index in [9.17, 15) is 9.59 Å². The summed E-state index contributed by atoms with van der Waals surface area (Å²) in [6, 6.07) is 18.8. The molecule has 0 saturated heterocycles. The van der Waals surface area contributed by atoms with Crippen LogP contribution < -0.4 is 20.1 Å². The van der Waals surface area contributed by atoms with Crippen LogP contribution in [0.15, 0.2) is 71.7 Å². The first kappa shape index (κ1) is 26.0. The lowest BCUT2D eigenvalue weighted by Gasteiger charge is -2.29. The fourth-order valence-electron chi connectivity index (χ4n) is 3.97. The molecule has 0 spiro atoms. The summed E-state index contributed by atoms with van der Waals surface area (Å²) in [6.07, 6.45) is 2.42. The van der Waals surface area contributed by atoms with Crippen LogP contribution in [0, 0.1) is 0 Å². The van der Waals surface area contributed by atoms with Gasteiger partial charge in [-0.3, -0.25) is 9.59 Å². The van der Waals surface area contributed by atoms with Gasteiger partial charge in [0.15, 0.2) is 11.5 Å². The van der Waals surface area contributed by atoms with Crippen LogP contribution >= 0.6 is 11.3 Å². The molecule has 1 aromatic heterocycles. The van der Waals surface area contributed by atoms with Gasteiger partial charge in [-0.25, -0.2) is 0 Å². The van der Waals surface area contributed by atoms with Crippen LogP contribution in [-0.2, 0) is 10.2 Å². The summed E-state index contributed by atoms with van der Waals surface area (Å²) in [4.78, 5) is 27.2. The summed E-state index contributed by atoms with van der Waals surface area (Å²) < 4.78 is 10.5. The number of carbonyl (C=O) groups is 2. The summed E-state index contributed by atoms with van der Waals surface area (Å²) in [5.41, 5.74) is 1.61.